The number of alkyl halides is 1. The summed E-state index contributed by atoms with van der Waals surface area (Å²) in [5, 5.41) is 18.2. The van der Waals surface area contributed by atoms with Crippen LogP contribution in [0.4, 0.5) is 0 Å². The Labute approximate surface area is 104 Å². The number of benzene rings is 1. The van der Waals surface area contributed by atoms with Gasteiger partial charge in [-0.1, -0.05) is 18.2 Å². The Morgan fingerprint density at radius 3 is 2.53 bits per heavy atom. The first-order valence-electron chi connectivity index (χ1n) is 5.11. The van der Waals surface area contributed by atoms with Crippen molar-refractivity contribution in [3.8, 4) is 0 Å². The van der Waals surface area contributed by atoms with E-state index in [0.29, 0.717) is 12.8 Å². The van der Waals surface area contributed by atoms with Crippen molar-refractivity contribution < 1.29 is 19.8 Å². The minimum atomic E-state index is -1.56. The number of aliphatic carboxylic acids is 1. The predicted molar refractivity (Wildman–Crippen MR) is 63.0 cm³/mol. The van der Waals surface area contributed by atoms with Gasteiger partial charge in [0.2, 0.25) is 0 Å². The Morgan fingerprint density at radius 1 is 1.35 bits per heavy atom. The van der Waals surface area contributed by atoms with Gasteiger partial charge < -0.3 is 15.0 Å². The molecular formula is C12H13ClO4. The maximum atomic E-state index is 10.7. The van der Waals surface area contributed by atoms with Crippen LogP contribution in [0.5, 0.6) is 0 Å². The first kappa shape index (κ1) is 13.7. The summed E-state index contributed by atoms with van der Waals surface area (Å²) in [6, 6.07) is 4.93. The van der Waals surface area contributed by atoms with Crippen molar-refractivity contribution in [2.75, 3.05) is 0 Å². The first-order chi connectivity index (χ1) is 8.08. The highest BCUT2D eigenvalue weighted by Crippen LogP contribution is 2.20. The zero-order chi connectivity index (χ0) is 12.8. The van der Waals surface area contributed by atoms with E-state index in [9.17, 15) is 14.7 Å². The number of carbonyl (C=O) groups excluding carboxylic acids is 1. The van der Waals surface area contributed by atoms with Gasteiger partial charge in [-0.25, -0.2) is 4.79 Å². The molecule has 1 unspecified atom stereocenters. The third kappa shape index (κ3) is 3.84. The van der Waals surface area contributed by atoms with Crippen LogP contribution in [0.1, 0.15) is 29.2 Å². The van der Waals surface area contributed by atoms with E-state index in [1.807, 2.05) is 0 Å². The second-order valence-electron chi connectivity index (χ2n) is 3.66. The number of hydrogen-bond donors (Lipinski definition) is 2. The van der Waals surface area contributed by atoms with E-state index in [-0.39, 0.29) is 11.4 Å². The van der Waals surface area contributed by atoms with Gasteiger partial charge in [0, 0.05) is 12.3 Å². The Balaban J connectivity index is 3.04. The Bertz CT molecular complexity index is 417. The van der Waals surface area contributed by atoms with E-state index in [1.165, 1.54) is 0 Å². The predicted octanol–water partition coefficient (Wildman–Crippen LogP) is 1.67. The number of carboxylic acid groups (broad SMARTS) is 1. The normalized spacial score (nSPS) is 12.1. The van der Waals surface area contributed by atoms with E-state index < -0.39 is 12.1 Å². The molecule has 0 spiro atoms. The lowest BCUT2D eigenvalue weighted by atomic mass is 10.00. The maximum absolute atomic E-state index is 10.7. The number of hydrogen-bond acceptors (Lipinski definition) is 3. The molecule has 0 bridgehead atoms. The average Bonchev–Trinajstić information content (AvgIpc) is 2.34. The second kappa shape index (κ2) is 6.37. The van der Waals surface area contributed by atoms with Crippen LogP contribution in [-0.2, 0) is 21.9 Å². The van der Waals surface area contributed by atoms with Crippen LogP contribution in [0.15, 0.2) is 18.2 Å². The third-order valence-corrected chi connectivity index (χ3v) is 2.64. The van der Waals surface area contributed by atoms with Crippen molar-refractivity contribution in [1.82, 2.24) is 0 Å². The van der Waals surface area contributed by atoms with Gasteiger partial charge in [0.05, 0.1) is 0 Å². The summed E-state index contributed by atoms with van der Waals surface area (Å²) in [5.74, 6) is -1.08. The molecule has 1 aromatic carbocycles. The van der Waals surface area contributed by atoms with Gasteiger partial charge in [-0.2, -0.15) is 0 Å². The SMILES string of the molecule is O=CCCc1cc(CCl)cc(C(O)C(=O)O)c1. The number of rotatable bonds is 6. The lowest BCUT2D eigenvalue weighted by Crippen LogP contribution is -2.11. The first-order valence-corrected chi connectivity index (χ1v) is 5.65. The summed E-state index contributed by atoms with van der Waals surface area (Å²) >= 11 is 5.69. The highest BCUT2D eigenvalue weighted by Gasteiger charge is 2.16. The van der Waals surface area contributed by atoms with E-state index in [4.69, 9.17) is 16.7 Å². The molecule has 0 aliphatic carbocycles. The lowest BCUT2D eigenvalue weighted by Gasteiger charge is -2.10. The molecule has 1 rings (SSSR count). The molecule has 0 fully saturated rings. The average molecular weight is 257 g/mol. The molecule has 0 saturated heterocycles. The molecular weight excluding hydrogens is 244 g/mol. The van der Waals surface area contributed by atoms with Gasteiger partial charge in [0.25, 0.3) is 0 Å². The lowest BCUT2D eigenvalue weighted by molar-refractivity contribution is -0.146. The zero-order valence-corrected chi connectivity index (χ0v) is 9.85. The van der Waals surface area contributed by atoms with Crippen LogP contribution < -0.4 is 0 Å². The van der Waals surface area contributed by atoms with Crippen molar-refractivity contribution in [2.24, 2.45) is 0 Å². The molecule has 0 aliphatic heterocycles. The zero-order valence-electron chi connectivity index (χ0n) is 9.10. The Morgan fingerprint density at radius 2 is 2.00 bits per heavy atom. The van der Waals surface area contributed by atoms with E-state index in [2.05, 4.69) is 0 Å². The van der Waals surface area contributed by atoms with Crippen LogP contribution in [0.3, 0.4) is 0 Å². The molecule has 17 heavy (non-hydrogen) atoms. The molecule has 2 N–H and O–H groups in total. The van der Waals surface area contributed by atoms with Gasteiger partial charge >= 0.3 is 5.97 Å². The molecule has 92 valence electrons. The summed E-state index contributed by atoms with van der Waals surface area (Å²) in [7, 11) is 0. The Hall–Kier alpha value is -1.39. The minimum Gasteiger partial charge on any atom is -0.479 e. The number of aliphatic hydroxyl groups excluding tert-OH is 1. The van der Waals surface area contributed by atoms with Gasteiger partial charge in [-0.3, -0.25) is 0 Å². The van der Waals surface area contributed by atoms with E-state index in [1.54, 1.807) is 18.2 Å². The van der Waals surface area contributed by atoms with Crippen molar-refractivity contribution >= 4 is 23.9 Å². The van der Waals surface area contributed by atoms with Crippen molar-refractivity contribution in [1.29, 1.82) is 0 Å². The minimum absolute atomic E-state index is 0.230. The summed E-state index contributed by atoms with van der Waals surface area (Å²) in [6.45, 7) is 0. The van der Waals surface area contributed by atoms with E-state index >= 15 is 0 Å². The van der Waals surface area contributed by atoms with Crippen LogP contribution in [0.25, 0.3) is 0 Å². The molecule has 4 nitrogen and oxygen atoms in total. The van der Waals surface area contributed by atoms with E-state index in [0.717, 1.165) is 17.4 Å². The molecule has 0 amide bonds. The number of carbonyl (C=O) groups is 2. The fourth-order valence-corrected chi connectivity index (χ4v) is 1.69. The van der Waals surface area contributed by atoms with Crippen molar-refractivity contribution in [2.45, 2.75) is 24.8 Å². The van der Waals surface area contributed by atoms with Gasteiger partial charge in [-0.15, -0.1) is 11.6 Å². The quantitative estimate of drug-likeness (QED) is 0.600. The number of carboxylic acids is 1. The maximum Gasteiger partial charge on any atom is 0.337 e. The van der Waals surface area contributed by atoms with Crippen LogP contribution >= 0.6 is 11.6 Å². The topological polar surface area (TPSA) is 74.6 Å². The summed E-state index contributed by atoms with van der Waals surface area (Å²) in [6.07, 6.45) is 0.0934. The summed E-state index contributed by atoms with van der Waals surface area (Å²) in [5.41, 5.74) is 1.81. The fraction of sp³-hybridized carbons (Fsp3) is 0.333. The van der Waals surface area contributed by atoms with Gasteiger partial charge in [0.15, 0.2) is 6.10 Å². The molecule has 5 heteroatoms. The number of aldehydes is 1. The highest BCUT2D eigenvalue weighted by atomic mass is 35.5. The Kier molecular flexibility index (Phi) is 5.12. The standard InChI is InChI=1S/C12H13ClO4/c13-7-9-4-8(2-1-3-14)5-10(6-9)11(15)12(16)17/h3-6,11,15H,1-2,7H2,(H,16,17). The second-order valence-corrected chi connectivity index (χ2v) is 3.93. The monoisotopic (exact) mass is 256 g/mol. The summed E-state index contributed by atoms with van der Waals surface area (Å²) < 4.78 is 0. The van der Waals surface area contributed by atoms with Crippen LogP contribution in [-0.4, -0.2) is 22.5 Å². The van der Waals surface area contributed by atoms with Crippen LogP contribution in [0, 0.1) is 0 Å². The fourth-order valence-electron chi connectivity index (χ4n) is 1.54. The molecule has 0 saturated carbocycles. The smallest absolute Gasteiger partial charge is 0.337 e. The van der Waals surface area contributed by atoms with Gasteiger partial charge in [0.1, 0.15) is 6.29 Å². The molecule has 0 radical (unpaired) electrons. The molecule has 0 aromatic heterocycles. The number of halogens is 1. The van der Waals surface area contributed by atoms with Gasteiger partial charge in [-0.05, 0) is 23.1 Å². The molecule has 1 atom stereocenters. The van der Waals surface area contributed by atoms with Crippen LogP contribution in [0.2, 0.25) is 0 Å². The number of aryl methyl sites for hydroxylation is 1. The molecule has 1 aromatic rings. The largest absolute Gasteiger partial charge is 0.479 e. The molecule has 0 aliphatic rings. The number of aliphatic hydroxyl groups is 1. The third-order valence-electron chi connectivity index (χ3n) is 2.33. The van der Waals surface area contributed by atoms with Crippen molar-refractivity contribution in [3.05, 3.63) is 34.9 Å². The molecule has 0 heterocycles. The highest BCUT2D eigenvalue weighted by molar-refractivity contribution is 6.17. The summed E-state index contributed by atoms with van der Waals surface area (Å²) in [4.78, 5) is 21.0. The van der Waals surface area contributed by atoms with Crippen molar-refractivity contribution in [3.63, 3.8) is 0 Å².